The van der Waals surface area contributed by atoms with E-state index in [0.29, 0.717) is 11.3 Å². The molecule has 0 aromatic heterocycles. The molecule has 0 heterocycles. The molecule has 0 fully saturated rings. The summed E-state index contributed by atoms with van der Waals surface area (Å²) in [7, 11) is -2.71. The Morgan fingerprint density at radius 1 is 1.17 bits per heavy atom. The molecule has 1 unspecified atom stereocenters. The summed E-state index contributed by atoms with van der Waals surface area (Å²) in [6, 6.07) is 13.6. The molecule has 2 aromatic carbocycles. The molecule has 0 amide bonds. The summed E-state index contributed by atoms with van der Waals surface area (Å²) >= 11 is 0. The Kier molecular flexibility index (Phi) is 5.58. The number of ether oxygens (including phenoxy) is 1. The molecule has 2 aromatic rings. The van der Waals surface area contributed by atoms with Gasteiger partial charge in [0.1, 0.15) is 12.9 Å². The Morgan fingerprint density at radius 3 is 2.42 bits per heavy atom. The average molecular weight is 345 g/mol. The quantitative estimate of drug-likeness (QED) is 0.433. The zero-order chi connectivity index (χ0) is 17.7. The maximum Gasteiger partial charge on any atom is 0.270 e. The standard InChI is InChI=1S/C18H20NO4P/c1-14(2)23-18-10-9-16(19(20)21)13-15(18)11-12-24(3,22)17-7-5-4-6-8-17/h4-14H,1-3H3/b12-11+. The van der Waals surface area contributed by atoms with E-state index in [1.165, 1.54) is 12.1 Å². The third-order valence-electron chi connectivity index (χ3n) is 3.37. The van der Waals surface area contributed by atoms with Crippen LogP contribution in [0.25, 0.3) is 6.08 Å². The second-order valence-corrected chi connectivity index (χ2v) is 8.58. The molecular formula is C18H20NO4P. The van der Waals surface area contributed by atoms with Crippen LogP contribution in [0.4, 0.5) is 5.69 Å². The Hall–Kier alpha value is -2.39. The molecule has 2 rings (SSSR count). The van der Waals surface area contributed by atoms with Crippen molar-refractivity contribution in [1.29, 1.82) is 0 Å². The van der Waals surface area contributed by atoms with Crippen molar-refractivity contribution in [3.05, 3.63) is 70.0 Å². The zero-order valence-electron chi connectivity index (χ0n) is 13.9. The summed E-state index contributed by atoms with van der Waals surface area (Å²) in [5, 5.41) is 11.7. The predicted molar refractivity (Wildman–Crippen MR) is 97.5 cm³/mol. The van der Waals surface area contributed by atoms with E-state index in [1.807, 2.05) is 44.2 Å². The topological polar surface area (TPSA) is 69.4 Å². The summed E-state index contributed by atoms with van der Waals surface area (Å²) in [5.41, 5.74) is 0.507. The van der Waals surface area contributed by atoms with Gasteiger partial charge in [-0.1, -0.05) is 30.3 Å². The number of non-ortho nitro benzene ring substituents is 1. The van der Waals surface area contributed by atoms with Crippen molar-refractivity contribution in [2.75, 3.05) is 6.66 Å². The van der Waals surface area contributed by atoms with Crippen LogP contribution in [-0.2, 0) is 4.57 Å². The number of rotatable bonds is 6. The molecule has 126 valence electrons. The van der Waals surface area contributed by atoms with Crippen LogP contribution >= 0.6 is 7.14 Å². The largest absolute Gasteiger partial charge is 0.490 e. The van der Waals surface area contributed by atoms with Crippen LogP contribution in [0, 0.1) is 10.1 Å². The highest BCUT2D eigenvalue weighted by Crippen LogP contribution is 2.42. The van der Waals surface area contributed by atoms with E-state index in [2.05, 4.69) is 0 Å². The minimum Gasteiger partial charge on any atom is -0.490 e. The SMILES string of the molecule is CC(C)Oc1ccc([N+](=O)[O-])cc1/C=C/P(C)(=O)c1ccccc1. The molecule has 0 spiro atoms. The van der Waals surface area contributed by atoms with Crippen LogP contribution in [0.15, 0.2) is 54.3 Å². The highest BCUT2D eigenvalue weighted by Gasteiger charge is 2.16. The van der Waals surface area contributed by atoms with Gasteiger partial charge in [-0.15, -0.1) is 0 Å². The third kappa shape index (κ3) is 4.56. The van der Waals surface area contributed by atoms with Gasteiger partial charge in [0.05, 0.1) is 11.0 Å². The molecule has 0 radical (unpaired) electrons. The minimum atomic E-state index is -2.71. The second-order valence-electron chi connectivity index (χ2n) is 5.79. The summed E-state index contributed by atoms with van der Waals surface area (Å²) < 4.78 is 18.6. The number of nitro benzene ring substituents is 1. The van der Waals surface area contributed by atoms with Gasteiger partial charge in [0.2, 0.25) is 0 Å². The molecule has 0 aliphatic carbocycles. The van der Waals surface area contributed by atoms with Gasteiger partial charge in [0.25, 0.3) is 5.69 Å². The van der Waals surface area contributed by atoms with E-state index >= 15 is 0 Å². The normalized spacial score (nSPS) is 13.8. The van der Waals surface area contributed by atoms with E-state index in [-0.39, 0.29) is 11.8 Å². The van der Waals surface area contributed by atoms with Crippen LogP contribution in [0.2, 0.25) is 0 Å². The van der Waals surface area contributed by atoms with E-state index in [9.17, 15) is 14.7 Å². The number of nitro groups is 1. The van der Waals surface area contributed by atoms with Gasteiger partial charge >= 0.3 is 0 Å². The molecule has 1 atom stereocenters. The summed E-state index contributed by atoms with van der Waals surface area (Å²) in [6.45, 7) is 5.42. The maximum atomic E-state index is 12.9. The Labute approximate surface area is 141 Å². The highest BCUT2D eigenvalue weighted by molar-refractivity contribution is 7.74. The number of hydrogen-bond acceptors (Lipinski definition) is 4. The fraction of sp³-hybridized carbons (Fsp3) is 0.222. The Morgan fingerprint density at radius 2 is 1.83 bits per heavy atom. The first-order valence-corrected chi connectivity index (χ1v) is 9.79. The van der Waals surface area contributed by atoms with Crippen molar-refractivity contribution in [1.82, 2.24) is 0 Å². The maximum absolute atomic E-state index is 12.9. The fourth-order valence-electron chi connectivity index (χ4n) is 2.17. The third-order valence-corrected chi connectivity index (χ3v) is 5.42. The molecule has 0 aliphatic rings. The smallest absolute Gasteiger partial charge is 0.270 e. The number of nitrogens with zero attached hydrogens (tertiary/aromatic N) is 1. The van der Waals surface area contributed by atoms with Gasteiger partial charge in [0, 0.05) is 23.0 Å². The van der Waals surface area contributed by atoms with E-state index in [1.54, 1.807) is 24.6 Å². The zero-order valence-corrected chi connectivity index (χ0v) is 14.8. The van der Waals surface area contributed by atoms with Gasteiger partial charge in [-0.3, -0.25) is 10.1 Å². The van der Waals surface area contributed by atoms with Crippen molar-refractivity contribution in [3.8, 4) is 5.75 Å². The fourth-order valence-corrected chi connectivity index (χ4v) is 3.55. The van der Waals surface area contributed by atoms with Crippen LogP contribution in [0.3, 0.4) is 0 Å². The molecular weight excluding hydrogens is 325 g/mol. The molecule has 0 bridgehead atoms. The summed E-state index contributed by atoms with van der Waals surface area (Å²) in [6.07, 6.45) is 1.57. The van der Waals surface area contributed by atoms with Crippen molar-refractivity contribution in [2.24, 2.45) is 0 Å². The molecule has 24 heavy (non-hydrogen) atoms. The highest BCUT2D eigenvalue weighted by atomic mass is 31.2. The second kappa shape index (κ2) is 7.45. The van der Waals surface area contributed by atoms with Crippen molar-refractivity contribution in [2.45, 2.75) is 20.0 Å². The van der Waals surface area contributed by atoms with Gasteiger partial charge < -0.3 is 9.30 Å². The first-order chi connectivity index (χ1) is 11.3. The minimum absolute atomic E-state index is 0.0311. The van der Waals surface area contributed by atoms with Crippen molar-refractivity contribution >= 4 is 24.2 Å². The Bertz CT molecular complexity index is 800. The molecule has 5 nitrogen and oxygen atoms in total. The lowest BCUT2D eigenvalue weighted by molar-refractivity contribution is -0.384. The summed E-state index contributed by atoms with van der Waals surface area (Å²) in [4.78, 5) is 10.5. The lowest BCUT2D eigenvalue weighted by Crippen LogP contribution is -2.07. The van der Waals surface area contributed by atoms with E-state index in [4.69, 9.17) is 4.74 Å². The van der Waals surface area contributed by atoms with Gasteiger partial charge in [0.15, 0.2) is 0 Å². The van der Waals surface area contributed by atoms with E-state index in [0.717, 1.165) is 5.30 Å². The lowest BCUT2D eigenvalue weighted by atomic mass is 10.1. The van der Waals surface area contributed by atoms with Crippen molar-refractivity contribution < 1.29 is 14.2 Å². The number of hydrogen-bond donors (Lipinski definition) is 0. The summed E-state index contributed by atoms with van der Waals surface area (Å²) in [5.74, 6) is 2.13. The molecule has 0 saturated heterocycles. The monoisotopic (exact) mass is 345 g/mol. The van der Waals surface area contributed by atoms with Gasteiger partial charge in [-0.2, -0.15) is 0 Å². The molecule has 0 aliphatic heterocycles. The number of benzene rings is 2. The molecule has 6 heteroatoms. The average Bonchev–Trinajstić information content (AvgIpc) is 2.54. The van der Waals surface area contributed by atoms with Gasteiger partial charge in [-0.25, -0.2) is 0 Å². The molecule has 0 saturated carbocycles. The lowest BCUT2D eigenvalue weighted by Gasteiger charge is -2.13. The van der Waals surface area contributed by atoms with Gasteiger partial charge in [-0.05, 0) is 38.5 Å². The van der Waals surface area contributed by atoms with Crippen LogP contribution < -0.4 is 10.0 Å². The first-order valence-electron chi connectivity index (χ1n) is 7.57. The predicted octanol–water partition coefficient (Wildman–Crippen LogP) is 4.67. The molecule has 0 N–H and O–H groups in total. The van der Waals surface area contributed by atoms with Crippen LogP contribution in [0.5, 0.6) is 5.75 Å². The van der Waals surface area contributed by atoms with Crippen LogP contribution in [0.1, 0.15) is 19.4 Å². The van der Waals surface area contributed by atoms with E-state index < -0.39 is 12.1 Å². The Balaban J connectivity index is 2.40. The van der Waals surface area contributed by atoms with Crippen LogP contribution in [-0.4, -0.2) is 17.7 Å². The first kappa shape index (κ1) is 18.0. The van der Waals surface area contributed by atoms with Crippen molar-refractivity contribution in [3.63, 3.8) is 0 Å².